The van der Waals surface area contributed by atoms with Crippen molar-refractivity contribution in [1.29, 1.82) is 0 Å². The van der Waals surface area contributed by atoms with Crippen LogP contribution in [0.1, 0.15) is 19.8 Å². The monoisotopic (exact) mass is 423 g/mol. The van der Waals surface area contributed by atoms with E-state index in [2.05, 4.69) is 28.2 Å². The van der Waals surface area contributed by atoms with Gasteiger partial charge in [0.25, 0.3) is 10.0 Å². The summed E-state index contributed by atoms with van der Waals surface area (Å²) in [7, 11) is -3.42. The van der Waals surface area contributed by atoms with Gasteiger partial charge in [-0.25, -0.2) is 8.42 Å². The zero-order valence-electron chi connectivity index (χ0n) is 13.1. The van der Waals surface area contributed by atoms with Crippen LogP contribution in [0.3, 0.4) is 0 Å². The molecule has 0 saturated carbocycles. The van der Waals surface area contributed by atoms with Crippen molar-refractivity contribution in [3.63, 3.8) is 0 Å². The van der Waals surface area contributed by atoms with Crippen molar-refractivity contribution in [3.8, 4) is 0 Å². The number of amides is 1. The predicted molar refractivity (Wildman–Crippen MR) is 95.1 cm³/mol. The first-order valence-electron chi connectivity index (χ1n) is 7.68. The minimum absolute atomic E-state index is 0.0111. The minimum atomic E-state index is -3.42. The lowest BCUT2D eigenvalue weighted by molar-refractivity contribution is -0.122. The van der Waals surface area contributed by atoms with Gasteiger partial charge in [0.05, 0.1) is 10.3 Å². The third-order valence-corrected chi connectivity index (χ3v) is 7.68. The number of nitrogens with zero attached hydrogens (tertiary/aromatic N) is 2. The standard InChI is InChI=1S/C14H22BrN3O3S2/c1-2-3-6-16-13(19)11-17-7-9-18(10-8-17)23(20,21)14-5-4-12(15)22-14/h4-5H,2-3,6-11H2,1H3,(H,16,19). The van der Waals surface area contributed by atoms with Crippen molar-refractivity contribution in [3.05, 3.63) is 15.9 Å². The van der Waals surface area contributed by atoms with Crippen molar-refractivity contribution in [1.82, 2.24) is 14.5 Å². The minimum Gasteiger partial charge on any atom is -0.355 e. The number of halogens is 1. The average molecular weight is 424 g/mol. The molecule has 2 heterocycles. The van der Waals surface area contributed by atoms with Gasteiger partial charge in [-0.2, -0.15) is 4.31 Å². The third-order valence-electron chi connectivity index (χ3n) is 3.69. The molecule has 130 valence electrons. The molecule has 0 bridgehead atoms. The van der Waals surface area contributed by atoms with E-state index in [0.29, 0.717) is 43.5 Å². The largest absolute Gasteiger partial charge is 0.355 e. The summed E-state index contributed by atoms with van der Waals surface area (Å²) in [5, 5.41) is 2.88. The molecule has 1 aromatic rings. The van der Waals surface area contributed by atoms with Gasteiger partial charge < -0.3 is 5.32 Å². The van der Waals surface area contributed by atoms with E-state index < -0.39 is 10.0 Å². The zero-order chi connectivity index (χ0) is 16.9. The fraction of sp³-hybridized carbons (Fsp3) is 0.643. The molecule has 1 aliphatic rings. The number of hydrogen-bond acceptors (Lipinski definition) is 5. The summed E-state index contributed by atoms with van der Waals surface area (Å²) in [6.07, 6.45) is 2.03. The van der Waals surface area contributed by atoms with Gasteiger partial charge in [0.15, 0.2) is 0 Å². The molecule has 1 N–H and O–H groups in total. The fourth-order valence-corrected chi connectivity index (χ4v) is 5.94. The second-order valence-corrected chi connectivity index (χ2v) is 10.1. The predicted octanol–water partition coefficient (Wildman–Crippen LogP) is 1.73. The topological polar surface area (TPSA) is 69.7 Å². The number of rotatable bonds is 7. The van der Waals surface area contributed by atoms with Gasteiger partial charge in [0.1, 0.15) is 4.21 Å². The Hall–Kier alpha value is -0.480. The number of hydrogen-bond donors (Lipinski definition) is 1. The van der Waals surface area contributed by atoms with Crippen LogP contribution < -0.4 is 5.32 Å². The molecule has 0 atom stereocenters. The number of nitrogens with one attached hydrogen (secondary N) is 1. The number of sulfonamides is 1. The number of unbranched alkanes of at least 4 members (excludes halogenated alkanes) is 1. The second-order valence-electron chi connectivity index (χ2n) is 5.44. The zero-order valence-corrected chi connectivity index (χ0v) is 16.3. The van der Waals surface area contributed by atoms with E-state index in [9.17, 15) is 13.2 Å². The van der Waals surface area contributed by atoms with Gasteiger partial charge in [-0.05, 0) is 34.5 Å². The first-order valence-corrected chi connectivity index (χ1v) is 10.7. The maximum atomic E-state index is 12.5. The molecule has 9 heteroatoms. The highest BCUT2D eigenvalue weighted by atomic mass is 79.9. The highest BCUT2D eigenvalue weighted by Gasteiger charge is 2.30. The second kappa shape index (κ2) is 8.57. The molecule has 0 aromatic carbocycles. The van der Waals surface area contributed by atoms with Crippen molar-refractivity contribution >= 4 is 43.2 Å². The van der Waals surface area contributed by atoms with E-state index in [1.165, 1.54) is 15.6 Å². The normalized spacial score (nSPS) is 17.3. The van der Waals surface area contributed by atoms with Crippen LogP contribution in [-0.4, -0.2) is 62.8 Å². The van der Waals surface area contributed by atoms with Crippen LogP contribution in [-0.2, 0) is 14.8 Å². The summed E-state index contributed by atoms with van der Waals surface area (Å²) in [4.78, 5) is 13.8. The van der Waals surface area contributed by atoms with Gasteiger partial charge in [-0.15, -0.1) is 11.3 Å². The molecular weight excluding hydrogens is 402 g/mol. The quantitative estimate of drug-likeness (QED) is 0.677. The van der Waals surface area contributed by atoms with Crippen molar-refractivity contribution in [2.45, 2.75) is 24.0 Å². The summed E-state index contributed by atoms with van der Waals surface area (Å²) in [5.74, 6) is 0.0111. The molecule has 0 radical (unpaired) electrons. The number of thiophene rings is 1. The Balaban J connectivity index is 1.83. The van der Waals surface area contributed by atoms with E-state index in [4.69, 9.17) is 0 Å². The van der Waals surface area contributed by atoms with Gasteiger partial charge in [-0.3, -0.25) is 9.69 Å². The number of carbonyl (C=O) groups excluding carboxylic acids is 1. The summed E-state index contributed by atoms with van der Waals surface area (Å²) in [5.41, 5.74) is 0. The first-order chi connectivity index (χ1) is 10.9. The van der Waals surface area contributed by atoms with Crippen LogP contribution in [0.2, 0.25) is 0 Å². The lowest BCUT2D eigenvalue weighted by Gasteiger charge is -2.33. The number of carbonyl (C=O) groups is 1. The van der Waals surface area contributed by atoms with Gasteiger partial charge in [0, 0.05) is 32.7 Å². The number of piperazine rings is 1. The van der Waals surface area contributed by atoms with E-state index in [1.54, 1.807) is 12.1 Å². The van der Waals surface area contributed by atoms with Gasteiger partial charge >= 0.3 is 0 Å². The first kappa shape index (κ1) is 18.9. The molecule has 0 unspecified atom stereocenters. The van der Waals surface area contributed by atoms with Gasteiger partial charge in [-0.1, -0.05) is 13.3 Å². The summed E-state index contributed by atoms with van der Waals surface area (Å²) < 4.78 is 27.7. The Morgan fingerprint density at radius 1 is 1.30 bits per heavy atom. The summed E-state index contributed by atoms with van der Waals surface area (Å²) >= 11 is 4.51. The van der Waals surface area contributed by atoms with Crippen LogP contribution in [0.4, 0.5) is 0 Å². The van der Waals surface area contributed by atoms with Gasteiger partial charge in [0.2, 0.25) is 5.91 Å². The van der Waals surface area contributed by atoms with E-state index in [0.717, 1.165) is 16.6 Å². The lowest BCUT2D eigenvalue weighted by Crippen LogP contribution is -2.50. The Labute approximate surface area is 150 Å². The third kappa shape index (κ3) is 5.25. The molecule has 1 saturated heterocycles. The SMILES string of the molecule is CCCCNC(=O)CN1CCN(S(=O)(=O)c2ccc(Br)s2)CC1. The average Bonchev–Trinajstić information content (AvgIpc) is 2.95. The maximum absolute atomic E-state index is 12.5. The molecular formula is C14H22BrN3O3S2. The van der Waals surface area contributed by atoms with Crippen molar-refractivity contribution < 1.29 is 13.2 Å². The fourth-order valence-electron chi connectivity index (χ4n) is 2.36. The summed E-state index contributed by atoms with van der Waals surface area (Å²) in [6, 6.07) is 3.37. The van der Waals surface area contributed by atoms with E-state index in [1.807, 2.05) is 4.90 Å². The molecule has 2 rings (SSSR count). The van der Waals surface area contributed by atoms with Crippen molar-refractivity contribution in [2.24, 2.45) is 0 Å². The maximum Gasteiger partial charge on any atom is 0.252 e. The van der Waals surface area contributed by atoms with Crippen LogP contribution in [0.5, 0.6) is 0 Å². The van der Waals surface area contributed by atoms with Crippen LogP contribution >= 0.6 is 27.3 Å². The Kier molecular flexibility index (Phi) is 7.02. The molecule has 1 aromatic heterocycles. The van der Waals surface area contributed by atoms with Crippen LogP contribution in [0, 0.1) is 0 Å². The smallest absolute Gasteiger partial charge is 0.252 e. The molecule has 0 spiro atoms. The molecule has 1 aliphatic heterocycles. The molecule has 1 fully saturated rings. The van der Waals surface area contributed by atoms with Crippen LogP contribution in [0.15, 0.2) is 20.1 Å². The highest BCUT2D eigenvalue weighted by Crippen LogP contribution is 2.28. The van der Waals surface area contributed by atoms with Crippen LogP contribution in [0.25, 0.3) is 0 Å². The Morgan fingerprint density at radius 2 is 2.00 bits per heavy atom. The Bertz CT molecular complexity index is 625. The van der Waals surface area contributed by atoms with E-state index in [-0.39, 0.29) is 5.91 Å². The molecule has 6 nitrogen and oxygen atoms in total. The van der Waals surface area contributed by atoms with Crippen molar-refractivity contribution in [2.75, 3.05) is 39.3 Å². The molecule has 0 aliphatic carbocycles. The highest BCUT2D eigenvalue weighted by molar-refractivity contribution is 9.11. The van der Waals surface area contributed by atoms with E-state index >= 15 is 0 Å². The molecule has 23 heavy (non-hydrogen) atoms. The Morgan fingerprint density at radius 3 is 2.57 bits per heavy atom. The molecule has 1 amide bonds. The summed E-state index contributed by atoms with van der Waals surface area (Å²) in [6.45, 7) is 5.11. The lowest BCUT2D eigenvalue weighted by atomic mass is 10.3.